The maximum atomic E-state index is 13.0. The van der Waals surface area contributed by atoms with Crippen LogP contribution in [-0.2, 0) is 20.7 Å². The maximum absolute atomic E-state index is 13.0. The predicted molar refractivity (Wildman–Crippen MR) is 118 cm³/mol. The Morgan fingerprint density at radius 1 is 1.06 bits per heavy atom. The summed E-state index contributed by atoms with van der Waals surface area (Å²) in [6, 6.07) is 15.2. The average molecular weight is 421 g/mol. The second-order valence-corrected chi connectivity index (χ2v) is 7.85. The summed E-state index contributed by atoms with van der Waals surface area (Å²) in [5, 5.41) is 0.831. The number of amides is 1. The summed E-state index contributed by atoms with van der Waals surface area (Å²) < 4.78 is 16.1. The molecule has 0 radical (unpaired) electrons. The zero-order chi connectivity index (χ0) is 21.6. The number of hydrogen-bond acceptors (Lipinski definition) is 5. The first-order chi connectivity index (χ1) is 15.2. The number of benzene rings is 2. The van der Waals surface area contributed by atoms with E-state index in [2.05, 4.69) is 0 Å². The molecular formula is C25H27NO5. The summed E-state index contributed by atoms with van der Waals surface area (Å²) in [7, 11) is 1.59. The van der Waals surface area contributed by atoms with Crippen molar-refractivity contribution in [3.8, 4) is 5.75 Å². The molecule has 162 valence electrons. The van der Waals surface area contributed by atoms with E-state index in [0.29, 0.717) is 11.3 Å². The van der Waals surface area contributed by atoms with Crippen LogP contribution in [0.5, 0.6) is 5.75 Å². The Kier molecular flexibility index (Phi) is 6.55. The first-order valence-electron chi connectivity index (χ1n) is 10.7. The fraction of sp³-hybridized carbons (Fsp3) is 0.360. The number of carbonyl (C=O) groups excluding carboxylic acids is 2. The van der Waals surface area contributed by atoms with Gasteiger partial charge < -0.3 is 18.8 Å². The van der Waals surface area contributed by atoms with Gasteiger partial charge in [-0.05, 0) is 37.1 Å². The molecule has 0 unspecified atom stereocenters. The van der Waals surface area contributed by atoms with E-state index in [9.17, 15) is 9.59 Å². The van der Waals surface area contributed by atoms with Gasteiger partial charge in [-0.15, -0.1) is 0 Å². The van der Waals surface area contributed by atoms with E-state index in [4.69, 9.17) is 13.9 Å². The molecule has 6 nitrogen and oxygen atoms in total. The van der Waals surface area contributed by atoms with Crippen molar-refractivity contribution in [3.63, 3.8) is 0 Å². The van der Waals surface area contributed by atoms with Gasteiger partial charge in [0.05, 0.1) is 19.8 Å². The van der Waals surface area contributed by atoms with Crippen molar-refractivity contribution >= 4 is 28.5 Å². The second-order valence-electron chi connectivity index (χ2n) is 7.85. The van der Waals surface area contributed by atoms with E-state index >= 15 is 0 Å². The lowest BCUT2D eigenvalue weighted by Gasteiger charge is -2.34. The standard InChI is InChI=1S/C25H27NO5/c1-29-21-12-13-22-18(16-30-23(22)15-21)14-25(28)31-17-24(27)26(19-8-4-2-5-9-19)20-10-6-3-7-11-20/h2,4-5,8-9,12-13,15-16,20H,3,6-7,10-11,14,17H2,1H3. The number of para-hydroxylation sites is 1. The number of nitrogens with zero attached hydrogens (tertiary/aromatic N) is 1. The van der Waals surface area contributed by atoms with Gasteiger partial charge in [0.1, 0.15) is 11.3 Å². The first-order valence-corrected chi connectivity index (χ1v) is 10.7. The minimum Gasteiger partial charge on any atom is -0.497 e. The molecule has 0 saturated heterocycles. The summed E-state index contributed by atoms with van der Waals surface area (Å²) >= 11 is 0. The number of carbonyl (C=O) groups is 2. The zero-order valence-electron chi connectivity index (χ0n) is 17.7. The molecule has 6 heteroatoms. The Hall–Kier alpha value is -3.28. The van der Waals surface area contributed by atoms with Crippen molar-refractivity contribution in [1.29, 1.82) is 0 Å². The van der Waals surface area contributed by atoms with E-state index in [1.54, 1.807) is 19.4 Å². The van der Waals surface area contributed by atoms with Crippen LogP contribution in [0.2, 0.25) is 0 Å². The summed E-state index contributed by atoms with van der Waals surface area (Å²) in [6.07, 6.45) is 6.95. The number of hydrogen-bond donors (Lipinski definition) is 0. The molecule has 1 amide bonds. The Bertz CT molecular complexity index is 1040. The smallest absolute Gasteiger partial charge is 0.310 e. The van der Waals surface area contributed by atoms with Crippen LogP contribution in [0.1, 0.15) is 37.7 Å². The van der Waals surface area contributed by atoms with Gasteiger partial charge in [0.2, 0.25) is 0 Å². The minimum absolute atomic E-state index is 0.0430. The number of fused-ring (bicyclic) bond motifs is 1. The number of methoxy groups -OCH3 is 1. The Balaban J connectivity index is 1.41. The SMILES string of the molecule is COc1ccc2c(CC(=O)OCC(=O)N(c3ccccc3)C3CCCCC3)coc2c1. The molecule has 0 aliphatic heterocycles. The number of furan rings is 1. The topological polar surface area (TPSA) is 69.0 Å². The van der Waals surface area contributed by atoms with Crippen molar-refractivity contribution < 1.29 is 23.5 Å². The first kappa shape index (κ1) is 21.0. The zero-order valence-corrected chi connectivity index (χ0v) is 17.7. The lowest BCUT2D eigenvalue weighted by molar-refractivity contribution is -0.147. The third-order valence-corrected chi connectivity index (χ3v) is 5.80. The van der Waals surface area contributed by atoms with Crippen LogP contribution in [0, 0.1) is 0 Å². The van der Waals surface area contributed by atoms with Gasteiger partial charge in [0.15, 0.2) is 6.61 Å². The molecule has 1 aromatic heterocycles. The summed E-state index contributed by atoms with van der Waals surface area (Å²) in [6.45, 7) is -0.270. The minimum atomic E-state index is -0.455. The van der Waals surface area contributed by atoms with Crippen LogP contribution >= 0.6 is 0 Å². The highest BCUT2D eigenvalue weighted by Gasteiger charge is 2.27. The fourth-order valence-electron chi connectivity index (χ4n) is 4.23. The van der Waals surface area contributed by atoms with Gasteiger partial charge in [-0.3, -0.25) is 9.59 Å². The van der Waals surface area contributed by atoms with Gasteiger partial charge in [-0.2, -0.15) is 0 Å². The Morgan fingerprint density at radius 3 is 2.58 bits per heavy atom. The van der Waals surface area contributed by atoms with Crippen molar-refractivity contribution in [3.05, 3.63) is 60.4 Å². The molecule has 1 heterocycles. The highest BCUT2D eigenvalue weighted by atomic mass is 16.5. The fourth-order valence-corrected chi connectivity index (χ4v) is 4.23. The predicted octanol–water partition coefficient (Wildman–Crippen LogP) is 4.89. The largest absolute Gasteiger partial charge is 0.497 e. The molecule has 31 heavy (non-hydrogen) atoms. The third kappa shape index (κ3) is 4.90. The Morgan fingerprint density at radius 2 is 1.84 bits per heavy atom. The van der Waals surface area contributed by atoms with Crippen molar-refractivity contribution in [1.82, 2.24) is 0 Å². The van der Waals surface area contributed by atoms with Crippen LogP contribution in [0.3, 0.4) is 0 Å². The van der Waals surface area contributed by atoms with Crippen LogP contribution < -0.4 is 9.64 Å². The van der Waals surface area contributed by atoms with E-state index < -0.39 is 5.97 Å². The van der Waals surface area contributed by atoms with Crippen molar-refractivity contribution in [2.24, 2.45) is 0 Å². The highest BCUT2D eigenvalue weighted by molar-refractivity contribution is 5.96. The third-order valence-electron chi connectivity index (χ3n) is 5.80. The second kappa shape index (κ2) is 9.69. The summed E-state index contributed by atoms with van der Waals surface area (Å²) in [5.41, 5.74) is 2.22. The van der Waals surface area contributed by atoms with E-state index in [1.165, 1.54) is 6.42 Å². The van der Waals surface area contributed by atoms with Crippen molar-refractivity contribution in [2.75, 3.05) is 18.6 Å². The maximum Gasteiger partial charge on any atom is 0.310 e. The van der Waals surface area contributed by atoms with Gasteiger partial charge in [-0.25, -0.2) is 0 Å². The number of esters is 1. The lowest BCUT2D eigenvalue weighted by Crippen LogP contribution is -2.44. The molecule has 2 aromatic carbocycles. The van der Waals surface area contributed by atoms with Gasteiger partial charge in [0, 0.05) is 28.7 Å². The molecule has 0 atom stereocenters. The molecule has 1 saturated carbocycles. The molecule has 1 aliphatic carbocycles. The quantitative estimate of drug-likeness (QED) is 0.508. The van der Waals surface area contributed by atoms with E-state index in [0.717, 1.165) is 42.3 Å². The molecule has 0 N–H and O–H groups in total. The van der Waals surface area contributed by atoms with Gasteiger partial charge >= 0.3 is 5.97 Å². The molecule has 0 bridgehead atoms. The molecule has 1 fully saturated rings. The van der Waals surface area contributed by atoms with E-state index in [1.807, 2.05) is 47.4 Å². The lowest BCUT2D eigenvalue weighted by atomic mass is 9.93. The van der Waals surface area contributed by atoms with Crippen LogP contribution in [-0.4, -0.2) is 31.6 Å². The molecule has 0 spiro atoms. The average Bonchev–Trinajstić information content (AvgIpc) is 3.21. The normalized spacial score (nSPS) is 14.4. The number of anilines is 1. The Labute approximate surface area is 181 Å². The molecular weight excluding hydrogens is 394 g/mol. The van der Waals surface area contributed by atoms with Crippen LogP contribution in [0.15, 0.2) is 59.2 Å². The van der Waals surface area contributed by atoms with Crippen molar-refractivity contribution in [2.45, 2.75) is 44.6 Å². The monoisotopic (exact) mass is 421 g/mol. The summed E-state index contributed by atoms with van der Waals surface area (Å²) in [5.74, 6) is 0.0436. The molecule has 4 rings (SSSR count). The van der Waals surface area contributed by atoms with Crippen LogP contribution in [0.25, 0.3) is 11.0 Å². The van der Waals surface area contributed by atoms with Gasteiger partial charge in [-0.1, -0.05) is 37.5 Å². The number of rotatable bonds is 7. The highest BCUT2D eigenvalue weighted by Crippen LogP contribution is 2.28. The molecule has 1 aliphatic rings. The van der Waals surface area contributed by atoms with E-state index in [-0.39, 0.29) is 25.0 Å². The number of ether oxygens (including phenoxy) is 2. The van der Waals surface area contributed by atoms with Gasteiger partial charge in [0.25, 0.3) is 5.91 Å². The van der Waals surface area contributed by atoms with Crippen LogP contribution in [0.4, 0.5) is 5.69 Å². The summed E-state index contributed by atoms with van der Waals surface area (Å²) in [4.78, 5) is 27.3. The molecule has 3 aromatic rings.